The molecule has 0 bridgehead atoms. The molecule has 1 atom stereocenters. The number of benzene rings is 1. The summed E-state index contributed by atoms with van der Waals surface area (Å²) < 4.78 is 72.9. The van der Waals surface area contributed by atoms with Crippen molar-refractivity contribution in [2.75, 3.05) is 0 Å². The number of hydrogen-bond acceptors (Lipinski definition) is 6. The molecule has 1 N–H and O–H groups in total. The fraction of sp³-hybridized carbons (Fsp3) is 0.294. The quantitative estimate of drug-likeness (QED) is 0.646. The Balaban J connectivity index is 1.54. The van der Waals surface area contributed by atoms with Crippen molar-refractivity contribution in [1.82, 2.24) is 20.4 Å². The van der Waals surface area contributed by atoms with Gasteiger partial charge in [0, 0.05) is 5.56 Å². The van der Waals surface area contributed by atoms with E-state index in [1.54, 1.807) is 18.2 Å². The maximum Gasteiger partial charge on any atom is 0.437 e. The number of halogens is 5. The molecule has 0 aliphatic heterocycles. The standard InChI is InChI=1S/C17H11F5N4O3/c18-13(19)16-25-14(26-29-16)8-1-3-9-7(5-8)2-4-10(9)24-15(27)11-12(17(20,21)22)23-6-28-11/h1,3,5-6,10,13H,2,4H2,(H,24,27). The van der Waals surface area contributed by atoms with E-state index in [-0.39, 0.29) is 5.82 Å². The predicted octanol–water partition coefficient (Wildman–Crippen LogP) is 4.10. The number of fused-ring (bicyclic) bond motifs is 1. The van der Waals surface area contributed by atoms with E-state index in [1.807, 2.05) is 0 Å². The Bertz CT molecular complexity index is 1060. The third kappa shape index (κ3) is 3.57. The largest absolute Gasteiger partial charge is 0.438 e. The number of aromatic nitrogens is 3. The van der Waals surface area contributed by atoms with Crippen molar-refractivity contribution >= 4 is 5.91 Å². The molecule has 0 fully saturated rings. The lowest BCUT2D eigenvalue weighted by Gasteiger charge is -2.14. The van der Waals surface area contributed by atoms with Crippen molar-refractivity contribution < 1.29 is 35.7 Å². The fourth-order valence-electron chi connectivity index (χ4n) is 3.18. The molecule has 1 amide bonds. The molecule has 1 aliphatic rings. The van der Waals surface area contributed by atoms with Crippen molar-refractivity contribution in [2.45, 2.75) is 31.5 Å². The summed E-state index contributed by atoms with van der Waals surface area (Å²) >= 11 is 0. The summed E-state index contributed by atoms with van der Waals surface area (Å²) in [5.74, 6) is -2.74. The second-order valence-corrected chi connectivity index (χ2v) is 6.26. The lowest BCUT2D eigenvalue weighted by molar-refractivity contribution is -0.141. The summed E-state index contributed by atoms with van der Waals surface area (Å²) in [6, 6.07) is 4.31. The average molecular weight is 414 g/mol. The number of aryl methyl sites for hydroxylation is 1. The minimum atomic E-state index is -4.82. The van der Waals surface area contributed by atoms with Crippen LogP contribution in [0.3, 0.4) is 0 Å². The van der Waals surface area contributed by atoms with Gasteiger partial charge >= 0.3 is 12.6 Å². The van der Waals surface area contributed by atoms with Crippen LogP contribution < -0.4 is 5.32 Å². The SMILES string of the molecule is O=C(NC1CCc2cc(-c3noc(C(F)F)n3)ccc21)c1ocnc1C(F)(F)F. The van der Waals surface area contributed by atoms with E-state index in [0.29, 0.717) is 30.4 Å². The summed E-state index contributed by atoms with van der Waals surface area (Å²) in [5, 5.41) is 6.01. The van der Waals surface area contributed by atoms with E-state index in [1.165, 1.54) is 0 Å². The fourth-order valence-corrected chi connectivity index (χ4v) is 3.18. The lowest BCUT2D eigenvalue weighted by Crippen LogP contribution is -2.28. The van der Waals surface area contributed by atoms with E-state index in [0.717, 1.165) is 5.56 Å². The van der Waals surface area contributed by atoms with Gasteiger partial charge in [-0.25, -0.2) is 4.98 Å². The monoisotopic (exact) mass is 414 g/mol. The molecule has 7 nitrogen and oxygen atoms in total. The van der Waals surface area contributed by atoms with Crippen LogP contribution in [0.25, 0.3) is 11.4 Å². The van der Waals surface area contributed by atoms with Crippen LogP contribution in [0.15, 0.2) is 33.5 Å². The van der Waals surface area contributed by atoms with Crippen LogP contribution in [0, 0.1) is 0 Å². The minimum Gasteiger partial charge on any atom is -0.438 e. The molecule has 1 aliphatic carbocycles. The zero-order chi connectivity index (χ0) is 20.8. The van der Waals surface area contributed by atoms with E-state index in [4.69, 9.17) is 0 Å². The Kier molecular flexibility index (Phi) is 4.55. The number of carbonyl (C=O) groups excluding carboxylic acids is 1. The van der Waals surface area contributed by atoms with Crippen molar-refractivity contribution in [2.24, 2.45) is 0 Å². The molecule has 0 saturated carbocycles. The van der Waals surface area contributed by atoms with Gasteiger partial charge in [-0.1, -0.05) is 17.3 Å². The highest BCUT2D eigenvalue weighted by atomic mass is 19.4. The predicted molar refractivity (Wildman–Crippen MR) is 84.7 cm³/mol. The number of hydrogen-bond donors (Lipinski definition) is 1. The van der Waals surface area contributed by atoms with Crippen LogP contribution >= 0.6 is 0 Å². The van der Waals surface area contributed by atoms with Gasteiger partial charge in [0.2, 0.25) is 11.6 Å². The Labute approximate surface area is 158 Å². The Hall–Kier alpha value is -3.31. The van der Waals surface area contributed by atoms with Gasteiger partial charge < -0.3 is 14.3 Å². The highest BCUT2D eigenvalue weighted by molar-refractivity contribution is 5.93. The Morgan fingerprint density at radius 3 is 2.76 bits per heavy atom. The molecule has 3 aromatic rings. The van der Waals surface area contributed by atoms with Gasteiger partial charge in [0.15, 0.2) is 12.1 Å². The highest BCUT2D eigenvalue weighted by Gasteiger charge is 2.40. The molecule has 1 aromatic carbocycles. The van der Waals surface area contributed by atoms with Gasteiger partial charge in [0.1, 0.15) is 0 Å². The molecule has 0 saturated heterocycles. The first kappa shape index (κ1) is 19.0. The summed E-state index contributed by atoms with van der Waals surface area (Å²) in [5.41, 5.74) is 0.522. The van der Waals surface area contributed by atoms with Gasteiger partial charge in [-0.2, -0.15) is 26.9 Å². The molecule has 2 heterocycles. The van der Waals surface area contributed by atoms with Crippen LogP contribution in [-0.4, -0.2) is 21.0 Å². The van der Waals surface area contributed by atoms with Gasteiger partial charge in [0.05, 0.1) is 6.04 Å². The van der Waals surface area contributed by atoms with E-state index < -0.39 is 41.9 Å². The van der Waals surface area contributed by atoms with E-state index in [9.17, 15) is 26.7 Å². The molecular weight excluding hydrogens is 403 g/mol. The summed E-state index contributed by atoms with van der Waals surface area (Å²) in [6.45, 7) is 0. The molecule has 4 rings (SSSR count). The number of amides is 1. The molecule has 12 heteroatoms. The second-order valence-electron chi connectivity index (χ2n) is 6.26. The molecule has 152 valence electrons. The maximum atomic E-state index is 12.9. The topological polar surface area (TPSA) is 94.1 Å². The van der Waals surface area contributed by atoms with Gasteiger partial charge in [-0.3, -0.25) is 4.79 Å². The van der Waals surface area contributed by atoms with Crippen LogP contribution in [0.1, 0.15) is 52.2 Å². The summed E-state index contributed by atoms with van der Waals surface area (Å²) in [4.78, 5) is 18.9. The number of alkyl halides is 5. The van der Waals surface area contributed by atoms with Gasteiger partial charge in [-0.05, 0) is 30.0 Å². The first-order valence-electron chi connectivity index (χ1n) is 8.30. The summed E-state index contributed by atoms with van der Waals surface area (Å²) in [7, 11) is 0. The van der Waals surface area contributed by atoms with Crippen molar-refractivity contribution in [1.29, 1.82) is 0 Å². The Morgan fingerprint density at radius 1 is 1.28 bits per heavy atom. The van der Waals surface area contributed by atoms with E-state index >= 15 is 0 Å². The molecule has 2 aromatic heterocycles. The zero-order valence-corrected chi connectivity index (χ0v) is 14.3. The first-order valence-corrected chi connectivity index (χ1v) is 8.30. The van der Waals surface area contributed by atoms with Crippen molar-refractivity contribution in [3.05, 3.63) is 53.1 Å². The summed E-state index contributed by atoms with van der Waals surface area (Å²) in [6.07, 6.45) is -6.19. The highest BCUT2D eigenvalue weighted by Crippen LogP contribution is 2.35. The van der Waals surface area contributed by atoms with Gasteiger partial charge in [0.25, 0.3) is 11.8 Å². The van der Waals surface area contributed by atoms with E-state index in [2.05, 4.69) is 29.4 Å². The lowest BCUT2D eigenvalue weighted by atomic mass is 10.0. The smallest absolute Gasteiger partial charge is 0.437 e. The third-order valence-electron chi connectivity index (χ3n) is 4.45. The van der Waals surface area contributed by atoms with Crippen LogP contribution in [0.2, 0.25) is 0 Å². The van der Waals surface area contributed by atoms with Crippen LogP contribution in [0.4, 0.5) is 22.0 Å². The molecule has 1 unspecified atom stereocenters. The normalized spacial score (nSPS) is 16.3. The van der Waals surface area contributed by atoms with Crippen LogP contribution in [0.5, 0.6) is 0 Å². The minimum absolute atomic E-state index is 0.00735. The van der Waals surface area contributed by atoms with Crippen molar-refractivity contribution in [3.63, 3.8) is 0 Å². The van der Waals surface area contributed by atoms with Gasteiger partial charge in [-0.15, -0.1) is 0 Å². The number of carbonyl (C=O) groups is 1. The second kappa shape index (κ2) is 6.94. The first-order chi connectivity index (χ1) is 13.7. The molecular formula is C17H11F5N4O3. The Morgan fingerprint density at radius 2 is 2.07 bits per heavy atom. The van der Waals surface area contributed by atoms with Crippen LogP contribution in [-0.2, 0) is 12.6 Å². The molecule has 0 spiro atoms. The number of oxazole rings is 1. The number of nitrogens with zero attached hydrogens (tertiary/aromatic N) is 3. The number of rotatable bonds is 4. The average Bonchev–Trinajstić information content (AvgIpc) is 3.40. The van der Waals surface area contributed by atoms with Crippen molar-refractivity contribution in [3.8, 4) is 11.4 Å². The molecule has 0 radical (unpaired) electrons. The maximum absolute atomic E-state index is 12.9. The molecule has 29 heavy (non-hydrogen) atoms. The third-order valence-corrected chi connectivity index (χ3v) is 4.45. The number of nitrogens with one attached hydrogen (secondary N) is 1. The zero-order valence-electron chi connectivity index (χ0n) is 14.3.